The summed E-state index contributed by atoms with van der Waals surface area (Å²) < 4.78 is 50.6. The molecular weight excluding hydrogens is 224 g/mol. The molecule has 0 aromatic carbocycles. The molecule has 0 aliphatic heterocycles. The van der Waals surface area contributed by atoms with E-state index in [0.717, 1.165) is 13.8 Å². The van der Waals surface area contributed by atoms with E-state index < -0.39 is 32.2 Å². The molecule has 0 saturated carbocycles. The van der Waals surface area contributed by atoms with Crippen LogP contribution in [0.4, 0.5) is 0 Å². The molecule has 1 atom stereocenters. The Morgan fingerprint density at radius 1 is 1.54 bits per heavy atom. The molecule has 9 heteroatoms. The van der Waals surface area contributed by atoms with Crippen molar-refractivity contribution in [2.45, 2.75) is 18.6 Å². The Morgan fingerprint density at radius 2 is 1.92 bits per heavy atom. The third-order valence-electron chi connectivity index (χ3n) is 1.28. The van der Waals surface area contributed by atoms with Crippen molar-refractivity contribution in [3.63, 3.8) is 0 Å². The summed E-state index contributed by atoms with van der Waals surface area (Å²) >= 11 is -3.15. The van der Waals surface area contributed by atoms with Crippen molar-refractivity contribution in [1.29, 1.82) is 0 Å². The monoisotopic (exact) mass is 231 g/mol. The van der Waals surface area contributed by atoms with Crippen LogP contribution in [0.15, 0.2) is 0 Å². The standard InChI is InChI=1S/C4H8O7S2/c1-4(2,13(8,9)10)3(5)11-12(6)7/h1-2H3,(H,6,7)(H,8,9,10)/p-1. The maximum absolute atomic E-state index is 10.8. The van der Waals surface area contributed by atoms with Crippen molar-refractivity contribution in [1.82, 2.24) is 0 Å². The number of hydrogen-bond donors (Lipinski definition) is 1. The van der Waals surface area contributed by atoms with E-state index in [4.69, 9.17) is 4.55 Å². The van der Waals surface area contributed by atoms with Gasteiger partial charge in [0.2, 0.25) is 0 Å². The zero-order valence-corrected chi connectivity index (χ0v) is 8.35. The fourth-order valence-corrected chi connectivity index (χ4v) is 0.904. The maximum Gasteiger partial charge on any atom is 0.342 e. The highest BCUT2D eigenvalue weighted by atomic mass is 32.2. The van der Waals surface area contributed by atoms with Gasteiger partial charge in [-0.3, -0.25) is 4.55 Å². The molecule has 0 aliphatic carbocycles. The second-order valence-electron chi connectivity index (χ2n) is 2.56. The van der Waals surface area contributed by atoms with Crippen LogP contribution in [-0.4, -0.2) is 32.4 Å². The van der Waals surface area contributed by atoms with Crippen LogP contribution in [0.1, 0.15) is 13.8 Å². The zero-order chi connectivity index (χ0) is 10.9. The molecule has 0 aliphatic rings. The normalized spacial score (nSPS) is 15.1. The third kappa shape index (κ3) is 3.03. The number of hydrogen-bond acceptors (Lipinski definition) is 6. The highest BCUT2D eigenvalue weighted by Gasteiger charge is 2.42. The van der Waals surface area contributed by atoms with Crippen LogP contribution in [0.2, 0.25) is 0 Å². The Morgan fingerprint density at radius 3 is 2.15 bits per heavy atom. The summed E-state index contributed by atoms with van der Waals surface area (Å²) in [5, 5.41) is 0. The first-order valence-corrected chi connectivity index (χ1v) is 5.32. The molecule has 0 bridgehead atoms. The van der Waals surface area contributed by atoms with Crippen molar-refractivity contribution in [3.8, 4) is 0 Å². The Kier molecular flexibility index (Phi) is 3.55. The van der Waals surface area contributed by atoms with Gasteiger partial charge < -0.3 is 8.74 Å². The average Bonchev–Trinajstić information content (AvgIpc) is 1.82. The molecule has 0 spiro atoms. The summed E-state index contributed by atoms with van der Waals surface area (Å²) in [6, 6.07) is 0. The Hall–Kier alpha value is -0.510. The summed E-state index contributed by atoms with van der Waals surface area (Å²) in [5.74, 6) is -1.57. The van der Waals surface area contributed by atoms with Gasteiger partial charge in [0.1, 0.15) is 11.4 Å². The minimum atomic E-state index is -4.70. The topological polar surface area (TPSA) is 121 Å². The lowest BCUT2D eigenvalue weighted by atomic mass is 10.2. The van der Waals surface area contributed by atoms with Gasteiger partial charge >= 0.3 is 5.97 Å². The van der Waals surface area contributed by atoms with E-state index >= 15 is 0 Å². The minimum Gasteiger partial charge on any atom is -0.740 e. The van der Waals surface area contributed by atoms with Gasteiger partial charge in [0.05, 0.1) is 0 Å². The van der Waals surface area contributed by atoms with Gasteiger partial charge in [0.25, 0.3) is 10.1 Å². The molecule has 78 valence electrons. The van der Waals surface area contributed by atoms with Crippen LogP contribution in [0.5, 0.6) is 0 Å². The van der Waals surface area contributed by atoms with E-state index in [0.29, 0.717) is 0 Å². The van der Waals surface area contributed by atoms with Crippen LogP contribution < -0.4 is 0 Å². The molecular formula is C4H7O7S2-. The van der Waals surface area contributed by atoms with Gasteiger partial charge in [0, 0.05) is 0 Å². The summed E-state index contributed by atoms with van der Waals surface area (Å²) in [6.07, 6.45) is 0. The Bertz CT molecular complexity index is 326. The lowest BCUT2D eigenvalue weighted by Gasteiger charge is -2.18. The first kappa shape index (κ1) is 12.5. The molecule has 0 heterocycles. The fourth-order valence-electron chi connectivity index (χ4n) is 0.267. The van der Waals surface area contributed by atoms with Crippen molar-refractivity contribution in [3.05, 3.63) is 0 Å². The van der Waals surface area contributed by atoms with E-state index in [-0.39, 0.29) is 0 Å². The van der Waals surface area contributed by atoms with Crippen molar-refractivity contribution >= 4 is 27.4 Å². The molecule has 7 nitrogen and oxygen atoms in total. The molecule has 0 saturated heterocycles. The van der Waals surface area contributed by atoms with E-state index in [1.165, 1.54) is 0 Å². The van der Waals surface area contributed by atoms with Gasteiger partial charge in [-0.2, -0.15) is 8.42 Å². The molecule has 0 fully saturated rings. The lowest BCUT2D eigenvalue weighted by molar-refractivity contribution is -0.136. The van der Waals surface area contributed by atoms with Crippen LogP contribution >= 0.6 is 0 Å². The molecule has 0 aromatic rings. The molecule has 0 rings (SSSR count). The molecule has 13 heavy (non-hydrogen) atoms. The summed E-state index contributed by atoms with van der Waals surface area (Å²) in [6.45, 7) is 1.63. The first-order chi connectivity index (χ1) is 5.59. The number of carbonyl (C=O) groups is 1. The molecule has 0 amide bonds. The lowest BCUT2D eigenvalue weighted by Crippen LogP contribution is -2.41. The fraction of sp³-hybridized carbons (Fsp3) is 0.750. The molecule has 0 aromatic heterocycles. The molecule has 0 radical (unpaired) electrons. The summed E-state index contributed by atoms with van der Waals surface area (Å²) in [5.41, 5.74) is 0. The van der Waals surface area contributed by atoms with E-state index in [1.807, 2.05) is 0 Å². The van der Waals surface area contributed by atoms with Gasteiger partial charge in [0.15, 0.2) is 4.75 Å². The largest absolute Gasteiger partial charge is 0.740 e. The van der Waals surface area contributed by atoms with Crippen LogP contribution in [0, 0.1) is 0 Å². The van der Waals surface area contributed by atoms with Crippen LogP contribution in [-0.2, 0) is 30.5 Å². The summed E-state index contributed by atoms with van der Waals surface area (Å²) in [4.78, 5) is 10.8. The smallest absolute Gasteiger partial charge is 0.342 e. The quantitative estimate of drug-likeness (QED) is 0.487. The minimum absolute atomic E-state index is 0.817. The third-order valence-corrected chi connectivity index (χ3v) is 3.02. The van der Waals surface area contributed by atoms with Crippen LogP contribution in [0.25, 0.3) is 0 Å². The average molecular weight is 231 g/mol. The summed E-state index contributed by atoms with van der Waals surface area (Å²) in [7, 11) is -4.70. The Balaban J connectivity index is 4.87. The molecule has 1 N–H and O–H groups in total. The van der Waals surface area contributed by atoms with Gasteiger partial charge in [-0.1, -0.05) is 0 Å². The Labute approximate surface area is 77.3 Å². The second-order valence-corrected chi connectivity index (χ2v) is 5.11. The van der Waals surface area contributed by atoms with Crippen molar-refractivity contribution in [2.75, 3.05) is 0 Å². The van der Waals surface area contributed by atoms with E-state index in [2.05, 4.69) is 4.18 Å². The zero-order valence-electron chi connectivity index (χ0n) is 6.71. The molecule has 1 unspecified atom stereocenters. The maximum atomic E-state index is 10.8. The highest BCUT2D eigenvalue weighted by molar-refractivity contribution is 7.88. The van der Waals surface area contributed by atoms with Crippen molar-refractivity contribution < 1.29 is 30.7 Å². The number of rotatable bonds is 3. The first-order valence-electron chi connectivity index (χ1n) is 2.88. The predicted octanol–water partition coefficient (Wildman–Crippen LogP) is -1.01. The predicted molar refractivity (Wildman–Crippen MR) is 40.6 cm³/mol. The highest BCUT2D eigenvalue weighted by Crippen LogP contribution is 2.16. The van der Waals surface area contributed by atoms with Gasteiger partial charge in [-0.15, -0.1) is 0 Å². The number of carbonyl (C=O) groups excluding carboxylic acids is 1. The van der Waals surface area contributed by atoms with Crippen LogP contribution in [0.3, 0.4) is 0 Å². The second kappa shape index (κ2) is 3.70. The SMILES string of the molecule is CC(C)(C(=O)OS(=O)[O-])S(=O)(=O)O. The van der Waals surface area contributed by atoms with Crippen molar-refractivity contribution in [2.24, 2.45) is 0 Å². The van der Waals surface area contributed by atoms with E-state index in [9.17, 15) is 22.0 Å². The van der Waals surface area contributed by atoms with Gasteiger partial charge in [-0.05, 0) is 13.8 Å². The van der Waals surface area contributed by atoms with Gasteiger partial charge in [-0.25, -0.2) is 9.00 Å². The van der Waals surface area contributed by atoms with E-state index in [1.54, 1.807) is 0 Å².